The molecule has 1 aromatic carbocycles. The van der Waals surface area contributed by atoms with Crippen molar-refractivity contribution >= 4 is 46.3 Å². The number of amides is 2. The second-order valence-corrected chi connectivity index (χ2v) is 10.5. The molecule has 1 aliphatic heterocycles. The lowest BCUT2D eigenvalue weighted by Crippen LogP contribution is -2.37. The summed E-state index contributed by atoms with van der Waals surface area (Å²) in [5, 5.41) is 10.9. The molecule has 1 aliphatic carbocycles. The fraction of sp³-hybridized carbons (Fsp3) is 0.280. The number of halogens is 1. The highest BCUT2D eigenvalue weighted by Crippen LogP contribution is 2.30. The zero-order valence-corrected chi connectivity index (χ0v) is 20.4. The maximum absolute atomic E-state index is 13.8. The summed E-state index contributed by atoms with van der Waals surface area (Å²) in [5.74, 6) is -0.107. The van der Waals surface area contributed by atoms with Gasteiger partial charge in [-0.15, -0.1) is 11.3 Å². The number of thiophene rings is 1. The molecule has 0 bridgehead atoms. The van der Waals surface area contributed by atoms with Crippen molar-refractivity contribution in [2.45, 2.75) is 44.3 Å². The van der Waals surface area contributed by atoms with Crippen molar-refractivity contribution in [3.63, 3.8) is 0 Å². The van der Waals surface area contributed by atoms with Crippen LogP contribution in [0.2, 0.25) is 0 Å². The Hall–Kier alpha value is -3.08. The van der Waals surface area contributed by atoms with Crippen LogP contribution in [-0.2, 0) is 11.3 Å². The third kappa shape index (κ3) is 5.95. The summed E-state index contributed by atoms with van der Waals surface area (Å²) in [6.45, 7) is 0.699. The van der Waals surface area contributed by atoms with Gasteiger partial charge in [0.15, 0.2) is 0 Å². The van der Waals surface area contributed by atoms with Crippen LogP contribution in [0.25, 0.3) is 16.5 Å². The van der Waals surface area contributed by atoms with Gasteiger partial charge in [0.1, 0.15) is 5.82 Å². The molecule has 1 saturated heterocycles. The van der Waals surface area contributed by atoms with Gasteiger partial charge in [0.25, 0.3) is 11.1 Å². The number of nitrogens with zero attached hydrogens (tertiary/aromatic N) is 2. The van der Waals surface area contributed by atoms with Crippen LogP contribution in [0.3, 0.4) is 0 Å². The number of benzene rings is 1. The molecule has 5 rings (SSSR count). The Labute approximate surface area is 210 Å². The first kappa shape index (κ1) is 23.7. The van der Waals surface area contributed by atoms with Gasteiger partial charge >= 0.3 is 0 Å². The summed E-state index contributed by atoms with van der Waals surface area (Å²) >= 11 is 2.49. The Kier molecular flexibility index (Phi) is 7.21. The van der Waals surface area contributed by atoms with E-state index in [1.165, 1.54) is 6.07 Å². The molecule has 3 heterocycles. The maximum Gasteiger partial charge on any atom is 0.290 e. The lowest BCUT2D eigenvalue weighted by Gasteiger charge is -2.30. The molecule has 10 heteroatoms. The molecule has 1 saturated carbocycles. The van der Waals surface area contributed by atoms with E-state index in [-0.39, 0.29) is 17.1 Å². The molecule has 3 aromatic rings. The summed E-state index contributed by atoms with van der Waals surface area (Å²) in [7, 11) is 0. The van der Waals surface area contributed by atoms with Gasteiger partial charge < -0.3 is 10.6 Å². The van der Waals surface area contributed by atoms with Gasteiger partial charge in [0, 0.05) is 29.7 Å². The van der Waals surface area contributed by atoms with E-state index in [1.54, 1.807) is 35.7 Å². The SMILES string of the molecule is O=C1NC(=O)C(=Cc2ccnc(NC3CCC(NCc4ccc(F)cc4-c4cccs4)CC3)n2)S1. The average molecular weight is 510 g/mol. The predicted octanol–water partition coefficient (Wildman–Crippen LogP) is 5.18. The highest BCUT2D eigenvalue weighted by molar-refractivity contribution is 8.18. The van der Waals surface area contributed by atoms with E-state index in [4.69, 9.17) is 0 Å². The highest BCUT2D eigenvalue weighted by Gasteiger charge is 2.25. The van der Waals surface area contributed by atoms with Crippen LogP contribution in [0, 0.1) is 5.82 Å². The summed E-state index contributed by atoms with van der Waals surface area (Å²) in [6.07, 6.45) is 7.20. The summed E-state index contributed by atoms with van der Waals surface area (Å²) in [4.78, 5) is 33.3. The van der Waals surface area contributed by atoms with Gasteiger partial charge in [-0.3, -0.25) is 14.9 Å². The average Bonchev–Trinajstić information content (AvgIpc) is 3.49. The van der Waals surface area contributed by atoms with Crippen LogP contribution in [0.5, 0.6) is 0 Å². The number of aromatic nitrogens is 2. The number of rotatable bonds is 7. The number of hydrogen-bond acceptors (Lipinski definition) is 8. The third-order valence-electron chi connectivity index (χ3n) is 6.10. The van der Waals surface area contributed by atoms with Gasteiger partial charge in [-0.25, -0.2) is 14.4 Å². The number of carbonyl (C=O) groups excluding carboxylic acids is 2. The normalized spacial score (nSPS) is 21.3. The van der Waals surface area contributed by atoms with E-state index in [0.717, 1.165) is 53.4 Å². The van der Waals surface area contributed by atoms with E-state index >= 15 is 0 Å². The van der Waals surface area contributed by atoms with Gasteiger partial charge in [0.2, 0.25) is 5.95 Å². The van der Waals surface area contributed by atoms with E-state index in [2.05, 4.69) is 25.9 Å². The molecule has 2 aromatic heterocycles. The van der Waals surface area contributed by atoms with Crippen molar-refractivity contribution in [3.05, 3.63) is 70.0 Å². The first-order chi connectivity index (χ1) is 17.0. The minimum Gasteiger partial charge on any atom is -0.351 e. The Bertz CT molecular complexity index is 1260. The first-order valence-electron chi connectivity index (χ1n) is 11.4. The van der Waals surface area contributed by atoms with E-state index in [0.29, 0.717) is 29.1 Å². The first-order valence-corrected chi connectivity index (χ1v) is 13.1. The Balaban J connectivity index is 1.14. The van der Waals surface area contributed by atoms with E-state index in [1.807, 2.05) is 23.6 Å². The number of imide groups is 1. The van der Waals surface area contributed by atoms with Crippen molar-refractivity contribution in [1.29, 1.82) is 0 Å². The standard InChI is InChI=1S/C25H24FN5O2S2/c26-16-4-3-15(20(12-16)21-2-1-11-34-21)14-28-17-5-7-18(8-6-17)29-24-27-10-9-19(30-24)13-22-23(32)31-25(33)35-22/h1-4,9-13,17-18,28H,5-8,14H2,(H,27,29,30)(H,31,32,33). The molecular weight excluding hydrogens is 485 g/mol. The van der Waals surface area contributed by atoms with Gasteiger partial charge in [0.05, 0.1) is 10.6 Å². The van der Waals surface area contributed by atoms with Crippen molar-refractivity contribution in [2.24, 2.45) is 0 Å². The quantitative estimate of drug-likeness (QED) is 0.378. The molecular formula is C25H24FN5O2S2. The monoisotopic (exact) mass is 509 g/mol. The van der Waals surface area contributed by atoms with Crippen LogP contribution in [0.4, 0.5) is 15.1 Å². The van der Waals surface area contributed by atoms with Crippen LogP contribution < -0.4 is 16.0 Å². The fourth-order valence-electron chi connectivity index (χ4n) is 4.32. The minimum atomic E-state index is -0.401. The van der Waals surface area contributed by atoms with Gasteiger partial charge in [-0.2, -0.15) is 0 Å². The summed E-state index contributed by atoms with van der Waals surface area (Å²) < 4.78 is 13.8. The number of thioether (sulfide) groups is 1. The van der Waals surface area contributed by atoms with Crippen molar-refractivity contribution < 1.29 is 14.0 Å². The lowest BCUT2D eigenvalue weighted by atomic mass is 9.91. The summed E-state index contributed by atoms with van der Waals surface area (Å²) in [6, 6.07) is 11.4. The zero-order chi connectivity index (χ0) is 24.2. The second-order valence-electron chi connectivity index (χ2n) is 8.51. The van der Waals surface area contributed by atoms with Gasteiger partial charge in [-0.05, 0) is 84.3 Å². The highest BCUT2D eigenvalue weighted by atomic mass is 32.2. The van der Waals surface area contributed by atoms with Crippen LogP contribution in [0.1, 0.15) is 36.9 Å². The molecule has 3 N–H and O–H groups in total. The lowest BCUT2D eigenvalue weighted by molar-refractivity contribution is -0.115. The zero-order valence-electron chi connectivity index (χ0n) is 18.8. The summed E-state index contributed by atoms with van der Waals surface area (Å²) in [5.41, 5.74) is 2.63. The van der Waals surface area contributed by atoms with Gasteiger partial charge in [-0.1, -0.05) is 12.1 Å². The molecule has 0 radical (unpaired) electrons. The molecule has 2 aliphatic rings. The second kappa shape index (κ2) is 10.7. The van der Waals surface area contributed by atoms with Crippen LogP contribution in [0.15, 0.2) is 52.9 Å². The van der Waals surface area contributed by atoms with Crippen molar-refractivity contribution in [3.8, 4) is 10.4 Å². The van der Waals surface area contributed by atoms with Crippen molar-refractivity contribution in [2.75, 3.05) is 5.32 Å². The predicted molar refractivity (Wildman–Crippen MR) is 137 cm³/mol. The molecule has 180 valence electrons. The van der Waals surface area contributed by atoms with Crippen LogP contribution >= 0.6 is 23.1 Å². The molecule has 0 unspecified atom stereocenters. The number of carbonyl (C=O) groups is 2. The van der Waals surface area contributed by atoms with E-state index < -0.39 is 5.91 Å². The fourth-order valence-corrected chi connectivity index (χ4v) is 5.77. The van der Waals surface area contributed by atoms with Crippen molar-refractivity contribution in [1.82, 2.24) is 20.6 Å². The maximum atomic E-state index is 13.8. The van der Waals surface area contributed by atoms with E-state index in [9.17, 15) is 14.0 Å². The molecule has 7 nitrogen and oxygen atoms in total. The minimum absolute atomic E-state index is 0.218. The number of anilines is 1. The Morgan fingerprint density at radius 3 is 2.69 bits per heavy atom. The topological polar surface area (TPSA) is 96.0 Å². The number of nitrogens with one attached hydrogen (secondary N) is 3. The number of hydrogen-bond donors (Lipinski definition) is 3. The van der Waals surface area contributed by atoms with Crippen LogP contribution in [-0.4, -0.2) is 33.2 Å². The smallest absolute Gasteiger partial charge is 0.290 e. The molecule has 0 atom stereocenters. The largest absolute Gasteiger partial charge is 0.351 e. The third-order valence-corrected chi connectivity index (χ3v) is 7.81. The molecule has 2 amide bonds. The molecule has 2 fully saturated rings. The Morgan fingerprint density at radius 1 is 1.11 bits per heavy atom. The molecule has 35 heavy (non-hydrogen) atoms. The Morgan fingerprint density at radius 2 is 1.94 bits per heavy atom. The molecule has 0 spiro atoms.